The second kappa shape index (κ2) is 4.96. The minimum atomic E-state index is 0.423. The van der Waals surface area contributed by atoms with Crippen LogP contribution >= 0.6 is 0 Å². The molecule has 0 saturated carbocycles. The standard InChI is InChI=1S/C17H19NO/c1-13-11-14-7-9-18(16-5-3-2-4-6-16)10-8-15(14)12-17(13)19/h2-6,11-12,19H,7-10H2,1H3. The third-order valence-electron chi connectivity index (χ3n) is 3.94. The first-order chi connectivity index (χ1) is 9.24. The third kappa shape index (κ3) is 2.43. The second-order valence-electron chi connectivity index (χ2n) is 5.23. The topological polar surface area (TPSA) is 23.5 Å². The molecule has 0 unspecified atom stereocenters. The minimum Gasteiger partial charge on any atom is -0.508 e. The first-order valence-electron chi connectivity index (χ1n) is 6.85. The van der Waals surface area contributed by atoms with Crippen molar-refractivity contribution in [2.24, 2.45) is 0 Å². The highest BCUT2D eigenvalue weighted by molar-refractivity contribution is 5.49. The molecule has 1 N–H and O–H groups in total. The maximum atomic E-state index is 9.84. The number of fused-ring (bicyclic) bond motifs is 1. The van der Waals surface area contributed by atoms with E-state index in [4.69, 9.17) is 0 Å². The molecule has 0 radical (unpaired) electrons. The number of anilines is 1. The SMILES string of the molecule is Cc1cc2c(cc1O)CCN(c1ccccc1)CC2. The van der Waals surface area contributed by atoms with Gasteiger partial charge in [-0.05, 0) is 54.7 Å². The van der Waals surface area contributed by atoms with E-state index in [0.29, 0.717) is 5.75 Å². The summed E-state index contributed by atoms with van der Waals surface area (Å²) in [5.41, 5.74) is 4.94. The van der Waals surface area contributed by atoms with Crippen LogP contribution in [0.4, 0.5) is 5.69 Å². The normalized spacial score (nSPS) is 14.9. The molecule has 0 amide bonds. The fraction of sp³-hybridized carbons (Fsp3) is 0.294. The number of hydrogen-bond acceptors (Lipinski definition) is 2. The van der Waals surface area contributed by atoms with E-state index in [2.05, 4.69) is 41.3 Å². The third-order valence-corrected chi connectivity index (χ3v) is 3.94. The van der Waals surface area contributed by atoms with E-state index < -0.39 is 0 Å². The minimum absolute atomic E-state index is 0.423. The molecule has 2 heteroatoms. The highest BCUT2D eigenvalue weighted by Gasteiger charge is 2.15. The Labute approximate surface area is 114 Å². The molecule has 1 aliphatic heterocycles. The zero-order valence-corrected chi connectivity index (χ0v) is 11.3. The summed E-state index contributed by atoms with van der Waals surface area (Å²) in [5.74, 6) is 0.423. The molecule has 0 saturated heterocycles. The van der Waals surface area contributed by atoms with E-state index in [1.807, 2.05) is 13.0 Å². The van der Waals surface area contributed by atoms with Crippen molar-refractivity contribution in [3.63, 3.8) is 0 Å². The zero-order valence-electron chi connectivity index (χ0n) is 11.3. The van der Waals surface area contributed by atoms with Crippen LogP contribution in [0.25, 0.3) is 0 Å². The van der Waals surface area contributed by atoms with E-state index in [9.17, 15) is 5.11 Å². The van der Waals surface area contributed by atoms with Gasteiger partial charge in [-0.2, -0.15) is 0 Å². The predicted molar refractivity (Wildman–Crippen MR) is 78.9 cm³/mol. The Morgan fingerprint density at radius 3 is 2.26 bits per heavy atom. The van der Waals surface area contributed by atoms with Gasteiger partial charge in [0.2, 0.25) is 0 Å². The van der Waals surface area contributed by atoms with Crippen LogP contribution in [0.1, 0.15) is 16.7 Å². The monoisotopic (exact) mass is 253 g/mol. The van der Waals surface area contributed by atoms with Gasteiger partial charge in [-0.3, -0.25) is 0 Å². The lowest BCUT2D eigenvalue weighted by Crippen LogP contribution is -2.25. The Balaban J connectivity index is 1.85. The maximum Gasteiger partial charge on any atom is 0.118 e. The Kier molecular flexibility index (Phi) is 3.16. The number of para-hydroxylation sites is 1. The molecule has 0 spiro atoms. The Hall–Kier alpha value is -1.96. The summed E-state index contributed by atoms with van der Waals surface area (Å²) in [6, 6.07) is 14.6. The lowest BCUT2D eigenvalue weighted by atomic mass is 10.00. The fourth-order valence-electron chi connectivity index (χ4n) is 2.78. The van der Waals surface area contributed by atoms with Crippen LogP contribution in [0.2, 0.25) is 0 Å². The van der Waals surface area contributed by atoms with E-state index in [1.165, 1.54) is 16.8 Å². The predicted octanol–water partition coefficient (Wildman–Crippen LogP) is 3.31. The molecule has 1 aliphatic rings. The molecule has 1 heterocycles. The summed E-state index contributed by atoms with van der Waals surface area (Å²) in [6.07, 6.45) is 2.05. The quantitative estimate of drug-likeness (QED) is 0.843. The first-order valence-corrected chi connectivity index (χ1v) is 6.85. The number of phenols is 1. The second-order valence-corrected chi connectivity index (χ2v) is 5.23. The van der Waals surface area contributed by atoms with Crippen molar-refractivity contribution < 1.29 is 5.11 Å². The summed E-state index contributed by atoms with van der Waals surface area (Å²) in [6.45, 7) is 4.02. The van der Waals surface area contributed by atoms with E-state index in [0.717, 1.165) is 31.5 Å². The molecule has 0 atom stereocenters. The van der Waals surface area contributed by atoms with Gasteiger partial charge in [0.15, 0.2) is 0 Å². The van der Waals surface area contributed by atoms with Crippen LogP contribution in [0.15, 0.2) is 42.5 Å². The van der Waals surface area contributed by atoms with Gasteiger partial charge in [-0.15, -0.1) is 0 Å². The van der Waals surface area contributed by atoms with Gasteiger partial charge in [-0.25, -0.2) is 0 Å². The molecule has 0 aliphatic carbocycles. The van der Waals surface area contributed by atoms with E-state index >= 15 is 0 Å². The molecule has 98 valence electrons. The largest absolute Gasteiger partial charge is 0.508 e. The lowest BCUT2D eigenvalue weighted by Gasteiger charge is -2.22. The van der Waals surface area contributed by atoms with Gasteiger partial charge in [0.25, 0.3) is 0 Å². The lowest BCUT2D eigenvalue weighted by molar-refractivity contribution is 0.470. The van der Waals surface area contributed by atoms with Crippen molar-refractivity contribution in [2.45, 2.75) is 19.8 Å². The van der Waals surface area contributed by atoms with E-state index in [1.54, 1.807) is 0 Å². The Bertz CT molecular complexity index is 544. The summed E-state index contributed by atoms with van der Waals surface area (Å²) in [5, 5.41) is 9.84. The van der Waals surface area contributed by atoms with Gasteiger partial charge in [0, 0.05) is 18.8 Å². The molecule has 2 nitrogen and oxygen atoms in total. The molecule has 19 heavy (non-hydrogen) atoms. The number of nitrogens with zero attached hydrogens (tertiary/aromatic N) is 1. The van der Waals surface area contributed by atoms with Crippen LogP contribution in [0.3, 0.4) is 0 Å². The summed E-state index contributed by atoms with van der Waals surface area (Å²) in [7, 11) is 0. The van der Waals surface area contributed by atoms with Gasteiger partial charge in [0.05, 0.1) is 0 Å². The maximum absolute atomic E-state index is 9.84. The van der Waals surface area contributed by atoms with Crippen LogP contribution in [-0.2, 0) is 12.8 Å². The number of aryl methyl sites for hydroxylation is 1. The van der Waals surface area contributed by atoms with Gasteiger partial charge >= 0.3 is 0 Å². The van der Waals surface area contributed by atoms with Crippen LogP contribution in [0.5, 0.6) is 5.75 Å². The van der Waals surface area contributed by atoms with Gasteiger partial charge in [-0.1, -0.05) is 24.3 Å². The Morgan fingerprint density at radius 2 is 1.58 bits per heavy atom. The highest BCUT2D eigenvalue weighted by Crippen LogP contribution is 2.26. The van der Waals surface area contributed by atoms with Crippen molar-refractivity contribution in [3.05, 3.63) is 59.2 Å². The average molecular weight is 253 g/mol. The van der Waals surface area contributed by atoms with Gasteiger partial charge in [0.1, 0.15) is 5.75 Å². The number of rotatable bonds is 1. The van der Waals surface area contributed by atoms with Crippen molar-refractivity contribution in [1.29, 1.82) is 0 Å². The molecule has 2 aromatic rings. The smallest absolute Gasteiger partial charge is 0.118 e. The van der Waals surface area contributed by atoms with Crippen molar-refractivity contribution >= 4 is 5.69 Å². The molecular weight excluding hydrogens is 234 g/mol. The van der Waals surface area contributed by atoms with Gasteiger partial charge < -0.3 is 10.0 Å². The van der Waals surface area contributed by atoms with Crippen molar-refractivity contribution in [2.75, 3.05) is 18.0 Å². The Morgan fingerprint density at radius 1 is 0.947 bits per heavy atom. The number of benzene rings is 2. The summed E-state index contributed by atoms with van der Waals surface area (Å²) in [4.78, 5) is 2.42. The van der Waals surface area contributed by atoms with Crippen LogP contribution < -0.4 is 4.90 Å². The fourth-order valence-corrected chi connectivity index (χ4v) is 2.78. The zero-order chi connectivity index (χ0) is 13.2. The molecule has 0 fully saturated rings. The number of phenolic OH excluding ortho intramolecular Hbond substituents is 1. The molecule has 0 aromatic heterocycles. The highest BCUT2D eigenvalue weighted by atomic mass is 16.3. The number of aromatic hydroxyl groups is 1. The van der Waals surface area contributed by atoms with Crippen LogP contribution in [-0.4, -0.2) is 18.2 Å². The molecule has 3 rings (SSSR count). The van der Waals surface area contributed by atoms with Crippen molar-refractivity contribution in [3.8, 4) is 5.75 Å². The van der Waals surface area contributed by atoms with Crippen LogP contribution in [0, 0.1) is 6.92 Å². The summed E-state index contributed by atoms with van der Waals surface area (Å²) < 4.78 is 0. The average Bonchev–Trinajstić information content (AvgIpc) is 2.63. The molecular formula is C17H19NO. The molecule has 0 bridgehead atoms. The number of hydrogen-bond donors (Lipinski definition) is 1. The van der Waals surface area contributed by atoms with Crippen molar-refractivity contribution in [1.82, 2.24) is 0 Å². The molecule has 2 aromatic carbocycles. The summed E-state index contributed by atoms with van der Waals surface area (Å²) >= 11 is 0. The van der Waals surface area contributed by atoms with E-state index in [-0.39, 0.29) is 0 Å². The first kappa shape index (κ1) is 12.1.